The molecule has 0 aromatic heterocycles. The molecule has 0 saturated heterocycles. The Balaban J connectivity index is 3.77. The van der Waals surface area contributed by atoms with E-state index in [1.807, 2.05) is 27.7 Å². The van der Waals surface area contributed by atoms with Gasteiger partial charge in [-0.15, -0.1) is 0 Å². The molecule has 0 bridgehead atoms. The van der Waals surface area contributed by atoms with Crippen molar-refractivity contribution in [3.8, 4) is 0 Å². The third-order valence-electron chi connectivity index (χ3n) is 1.77. The first-order valence-electron chi connectivity index (χ1n) is 5.66. The van der Waals surface area contributed by atoms with Gasteiger partial charge in [0.25, 0.3) is 0 Å². The second-order valence-corrected chi connectivity index (χ2v) is 5.49. The number of carbonyl (C=O) groups excluding carboxylic acids is 1. The molecule has 0 radical (unpaired) electrons. The van der Waals surface area contributed by atoms with Crippen molar-refractivity contribution in [2.45, 2.75) is 59.6 Å². The van der Waals surface area contributed by atoms with E-state index in [1.165, 1.54) is 0 Å². The van der Waals surface area contributed by atoms with Crippen LogP contribution < -0.4 is 5.32 Å². The lowest BCUT2D eigenvalue weighted by molar-refractivity contribution is -0.155. The summed E-state index contributed by atoms with van der Waals surface area (Å²) in [6, 6.07) is 0.183. The van der Waals surface area contributed by atoms with Gasteiger partial charge in [0.05, 0.1) is 6.42 Å². The quantitative estimate of drug-likeness (QED) is 0.715. The van der Waals surface area contributed by atoms with Crippen molar-refractivity contribution >= 4 is 5.97 Å². The summed E-state index contributed by atoms with van der Waals surface area (Å²) in [5, 5.41) is 3.30. The highest BCUT2D eigenvalue weighted by Gasteiger charge is 2.18. The predicted octanol–water partition coefficient (Wildman–Crippen LogP) is 2.35. The van der Waals surface area contributed by atoms with E-state index in [9.17, 15) is 4.79 Å². The lowest BCUT2D eigenvalue weighted by Crippen LogP contribution is -2.34. The second-order valence-electron chi connectivity index (χ2n) is 5.49. The number of nitrogens with one attached hydrogen (secondary N) is 1. The SMILES string of the molecule is CC(C)CNC(C)CC(=O)OC(C)(C)C. The number of hydrogen-bond donors (Lipinski definition) is 1. The van der Waals surface area contributed by atoms with Gasteiger partial charge >= 0.3 is 5.97 Å². The van der Waals surface area contributed by atoms with Crippen LogP contribution in [0.1, 0.15) is 48.0 Å². The molecule has 0 fully saturated rings. The van der Waals surface area contributed by atoms with Crippen LogP contribution in [-0.2, 0) is 9.53 Å². The number of esters is 1. The maximum Gasteiger partial charge on any atom is 0.307 e. The maximum absolute atomic E-state index is 11.5. The molecule has 0 aromatic rings. The molecule has 0 amide bonds. The molecule has 90 valence electrons. The molecule has 0 aliphatic heterocycles. The van der Waals surface area contributed by atoms with Crippen LogP contribution in [0.2, 0.25) is 0 Å². The topological polar surface area (TPSA) is 38.3 Å². The fraction of sp³-hybridized carbons (Fsp3) is 0.917. The monoisotopic (exact) mass is 215 g/mol. The summed E-state index contributed by atoms with van der Waals surface area (Å²) in [6.07, 6.45) is 0.435. The van der Waals surface area contributed by atoms with E-state index < -0.39 is 0 Å². The van der Waals surface area contributed by atoms with Gasteiger partial charge in [0.2, 0.25) is 0 Å². The standard InChI is InChI=1S/C12H25NO2/c1-9(2)8-13-10(3)7-11(14)15-12(4,5)6/h9-10,13H,7-8H2,1-6H3. The Hall–Kier alpha value is -0.570. The van der Waals surface area contributed by atoms with Crippen LogP contribution in [0.15, 0.2) is 0 Å². The van der Waals surface area contributed by atoms with Crippen LogP contribution in [0.4, 0.5) is 0 Å². The molecule has 0 aliphatic rings. The zero-order valence-corrected chi connectivity index (χ0v) is 10.9. The zero-order chi connectivity index (χ0) is 12.1. The van der Waals surface area contributed by atoms with Crippen molar-refractivity contribution in [2.24, 2.45) is 5.92 Å². The van der Waals surface area contributed by atoms with Gasteiger partial charge in [-0.2, -0.15) is 0 Å². The molecule has 1 atom stereocenters. The van der Waals surface area contributed by atoms with Crippen molar-refractivity contribution in [3.63, 3.8) is 0 Å². The van der Waals surface area contributed by atoms with Gasteiger partial charge in [-0.05, 0) is 40.2 Å². The summed E-state index contributed by atoms with van der Waals surface area (Å²) in [5.74, 6) is 0.470. The number of ether oxygens (including phenoxy) is 1. The third kappa shape index (κ3) is 9.73. The highest BCUT2D eigenvalue weighted by molar-refractivity contribution is 5.70. The minimum Gasteiger partial charge on any atom is -0.460 e. The first-order chi connectivity index (χ1) is 6.70. The van der Waals surface area contributed by atoms with E-state index in [4.69, 9.17) is 4.74 Å². The first kappa shape index (κ1) is 14.4. The summed E-state index contributed by atoms with van der Waals surface area (Å²) < 4.78 is 5.24. The maximum atomic E-state index is 11.5. The Morgan fingerprint density at radius 1 is 1.27 bits per heavy atom. The average molecular weight is 215 g/mol. The van der Waals surface area contributed by atoms with Gasteiger partial charge < -0.3 is 10.1 Å². The van der Waals surface area contributed by atoms with E-state index in [-0.39, 0.29) is 17.6 Å². The van der Waals surface area contributed by atoms with E-state index in [2.05, 4.69) is 19.2 Å². The Bertz CT molecular complexity index is 194. The van der Waals surface area contributed by atoms with Crippen LogP contribution in [0, 0.1) is 5.92 Å². The Kier molecular flexibility index (Phi) is 5.88. The molecule has 0 saturated carbocycles. The fourth-order valence-corrected chi connectivity index (χ4v) is 1.14. The van der Waals surface area contributed by atoms with Gasteiger partial charge in [0.15, 0.2) is 0 Å². The minimum atomic E-state index is -0.380. The molecule has 15 heavy (non-hydrogen) atoms. The smallest absolute Gasteiger partial charge is 0.307 e. The number of hydrogen-bond acceptors (Lipinski definition) is 3. The van der Waals surface area contributed by atoms with Crippen LogP contribution in [0.25, 0.3) is 0 Å². The molecule has 0 spiro atoms. The van der Waals surface area contributed by atoms with Crippen LogP contribution >= 0.6 is 0 Å². The Labute approximate surface area is 93.6 Å². The molecule has 1 N–H and O–H groups in total. The van der Waals surface area contributed by atoms with Crippen molar-refractivity contribution in [2.75, 3.05) is 6.54 Å². The second kappa shape index (κ2) is 6.11. The Morgan fingerprint density at radius 3 is 2.20 bits per heavy atom. The predicted molar refractivity (Wildman–Crippen MR) is 62.8 cm³/mol. The molecule has 3 heteroatoms. The summed E-state index contributed by atoms with van der Waals surface area (Å²) in [4.78, 5) is 11.5. The highest BCUT2D eigenvalue weighted by Crippen LogP contribution is 2.09. The number of rotatable bonds is 5. The van der Waals surface area contributed by atoms with E-state index in [1.54, 1.807) is 0 Å². The molecule has 0 rings (SSSR count). The summed E-state index contributed by atoms with van der Waals surface area (Å²) in [5.41, 5.74) is -0.380. The van der Waals surface area contributed by atoms with Crippen molar-refractivity contribution in [3.05, 3.63) is 0 Å². The van der Waals surface area contributed by atoms with Crippen molar-refractivity contribution in [1.29, 1.82) is 0 Å². The highest BCUT2D eigenvalue weighted by atomic mass is 16.6. The summed E-state index contributed by atoms with van der Waals surface area (Å²) in [6.45, 7) is 12.9. The molecule has 0 heterocycles. The summed E-state index contributed by atoms with van der Waals surface area (Å²) >= 11 is 0. The van der Waals surface area contributed by atoms with Crippen LogP contribution in [-0.4, -0.2) is 24.2 Å². The van der Waals surface area contributed by atoms with Crippen molar-refractivity contribution < 1.29 is 9.53 Å². The molecule has 3 nitrogen and oxygen atoms in total. The van der Waals surface area contributed by atoms with E-state index in [0.717, 1.165) is 6.54 Å². The van der Waals surface area contributed by atoms with Crippen molar-refractivity contribution in [1.82, 2.24) is 5.32 Å². The van der Waals surface area contributed by atoms with Crippen LogP contribution in [0.5, 0.6) is 0 Å². The summed E-state index contributed by atoms with van der Waals surface area (Å²) in [7, 11) is 0. The van der Waals surface area contributed by atoms with Gasteiger partial charge in [0.1, 0.15) is 5.60 Å². The van der Waals surface area contributed by atoms with E-state index in [0.29, 0.717) is 12.3 Å². The molecule has 0 aromatic carbocycles. The normalized spacial score (nSPS) is 14.1. The van der Waals surface area contributed by atoms with Gasteiger partial charge in [-0.25, -0.2) is 0 Å². The van der Waals surface area contributed by atoms with Gasteiger partial charge in [-0.3, -0.25) is 4.79 Å². The zero-order valence-electron chi connectivity index (χ0n) is 10.9. The Morgan fingerprint density at radius 2 is 1.80 bits per heavy atom. The first-order valence-corrected chi connectivity index (χ1v) is 5.66. The van der Waals surface area contributed by atoms with Crippen LogP contribution in [0.3, 0.4) is 0 Å². The van der Waals surface area contributed by atoms with E-state index >= 15 is 0 Å². The molecule has 0 aliphatic carbocycles. The van der Waals surface area contributed by atoms with Gasteiger partial charge in [0, 0.05) is 6.04 Å². The lowest BCUT2D eigenvalue weighted by Gasteiger charge is -2.21. The average Bonchev–Trinajstić information content (AvgIpc) is 1.96. The number of carbonyl (C=O) groups is 1. The third-order valence-corrected chi connectivity index (χ3v) is 1.77. The fourth-order valence-electron chi connectivity index (χ4n) is 1.14. The lowest BCUT2D eigenvalue weighted by atomic mass is 10.1. The van der Waals surface area contributed by atoms with Gasteiger partial charge in [-0.1, -0.05) is 13.8 Å². The molecular formula is C12H25NO2. The molecular weight excluding hydrogens is 190 g/mol. The molecule has 1 unspecified atom stereocenters. The minimum absolute atomic E-state index is 0.133. The largest absolute Gasteiger partial charge is 0.460 e.